The summed E-state index contributed by atoms with van der Waals surface area (Å²) in [4.78, 5) is 4.64. The summed E-state index contributed by atoms with van der Waals surface area (Å²) in [5, 5.41) is 4.85. The number of aryl methyl sites for hydroxylation is 2. The quantitative estimate of drug-likeness (QED) is 0.670. The molecule has 20 heavy (non-hydrogen) atoms. The molecule has 0 aliphatic heterocycles. The molecule has 0 aliphatic carbocycles. The van der Waals surface area contributed by atoms with Crippen molar-refractivity contribution in [2.45, 2.75) is 19.2 Å². The molecule has 1 unspecified atom stereocenters. The minimum absolute atomic E-state index is 0.224. The van der Waals surface area contributed by atoms with E-state index in [1.54, 1.807) is 0 Å². The van der Waals surface area contributed by atoms with E-state index in [-0.39, 0.29) is 5.38 Å². The van der Waals surface area contributed by atoms with Crippen molar-refractivity contribution in [1.29, 1.82) is 0 Å². The van der Waals surface area contributed by atoms with Gasteiger partial charge in [0, 0.05) is 7.05 Å². The Bertz CT molecular complexity index is 786. The average Bonchev–Trinajstić information content (AvgIpc) is 2.90. The van der Waals surface area contributed by atoms with Crippen LogP contribution < -0.4 is 0 Å². The number of benzene rings is 1. The van der Waals surface area contributed by atoms with Crippen molar-refractivity contribution in [3.05, 3.63) is 40.8 Å². The lowest BCUT2D eigenvalue weighted by Gasteiger charge is -2.12. The number of nitrogens with zero attached hydrogens (tertiary/aromatic N) is 4. The second-order valence-electron chi connectivity index (χ2n) is 4.75. The highest BCUT2D eigenvalue weighted by Gasteiger charge is 2.22. The SMILES string of the molecule is Cc1nn(C)c2c1nc(C(C)Cl)n2-c1ccccc1Cl. The standard InChI is InChI=1S/C14H14Cl2N4/c1-8(15)13-17-12-9(2)18-19(3)14(12)20(13)11-7-5-4-6-10(11)16/h4-8H,1-3H3. The van der Waals surface area contributed by atoms with Crippen LogP contribution in [0, 0.1) is 6.92 Å². The summed E-state index contributed by atoms with van der Waals surface area (Å²) < 4.78 is 3.79. The van der Waals surface area contributed by atoms with Crippen LogP contribution in [0.5, 0.6) is 0 Å². The van der Waals surface area contributed by atoms with E-state index in [1.165, 1.54) is 0 Å². The molecule has 4 nitrogen and oxygen atoms in total. The van der Waals surface area contributed by atoms with Gasteiger partial charge < -0.3 is 0 Å². The number of hydrogen-bond acceptors (Lipinski definition) is 2. The minimum atomic E-state index is -0.224. The van der Waals surface area contributed by atoms with Crippen LogP contribution in [-0.4, -0.2) is 19.3 Å². The highest BCUT2D eigenvalue weighted by atomic mass is 35.5. The second kappa shape index (κ2) is 4.79. The van der Waals surface area contributed by atoms with Gasteiger partial charge in [-0.3, -0.25) is 4.57 Å². The van der Waals surface area contributed by atoms with Gasteiger partial charge in [0.1, 0.15) is 11.3 Å². The predicted molar refractivity (Wildman–Crippen MR) is 81.9 cm³/mol. The molecule has 3 rings (SSSR count). The molecule has 0 radical (unpaired) electrons. The van der Waals surface area contributed by atoms with Gasteiger partial charge in [0.05, 0.1) is 21.8 Å². The number of para-hydroxylation sites is 1. The fraction of sp³-hybridized carbons (Fsp3) is 0.286. The van der Waals surface area contributed by atoms with Gasteiger partial charge in [0.2, 0.25) is 0 Å². The lowest BCUT2D eigenvalue weighted by Crippen LogP contribution is -2.06. The number of alkyl halides is 1. The number of hydrogen-bond donors (Lipinski definition) is 0. The summed E-state index contributed by atoms with van der Waals surface area (Å²) in [5.41, 5.74) is 3.50. The van der Waals surface area contributed by atoms with E-state index < -0.39 is 0 Å². The van der Waals surface area contributed by atoms with Gasteiger partial charge in [-0.1, -0.05) is 23.7 Å². The Morgan fingerprint density at radius 3 is 2.60 bits per heavy atom. The summed E-state index contributed by atoms with van der Waals surface area (Å²) in [7, 11) is 1.90. The zero-order valence-electron chi connectivity index (χ0n) is 11.4. The molecule has 0 aliphatic rings. The molecule has 2 aromatic heterocycles. The maximum absolute atomic E-state index is 6.33. The Hall–Kier alpha value is -1.52. The van der Waals surface area contributed by atoms with E-state index in [0.29, 0.717) is 5.02 Å². The molecule has 0 spiro atoms. The van der Waals surface area contributed by atoms with E-state index >= 15 is 0 Å². The number of halogens is 2. The third kappa shape index (κ3) is 1.91. The molecule has 2 heterocycles. The minimum Gasteiger partial charge on any atom is -0.278 e. The van der Waals surface area contributed by atoms with Gasteiger partial charge in [-0.05, 0) is 26.0 Å². The van der Waals surface area contributed by atoms with Crippen molar-refractivity contribution in [3.63, 3.8) is 0 Å². The first-order chi connectivity index (χ1) is 9.50. The molecule has 0 amide bonds. The average molecular weight is 309 g/mol. The van der Waals surface area contributed by atoms with Crippen molar-refractivity contribution in [3.8, 4) is 5.69 Å². The maximum atomic E-state index is 6.33. The van der Waals surface area contributed by atoms with E-state index in [4.69, 9.17) is 23.2 Å². The fourth-order valence-corrected chi connectivity index (χ4v) is 2.79. The molecule has 0 saturated heterocycles. The third-order valence-corrected chi connectivity index (χ3v) is 3.79. The van der Waals surface area contributed by atoms with Crippen molar-refractivity contribution < 1.29 is 0 Å². The zero-order valence-corrected chi connectivity index (χ0v) is 12.9. The van der Waals surface area contributed by atoms with Gasteiger partial charge in [-0.2, -0.15) is 5.10 Å². The number of aromatic nitrogens is 4. The van der Waals surface area contributed by atoms with Crippen LogP contribution in [0.3, 0.4) is 0 Å². The Balaban J connectivity index is 2.44. The Morgan fingerprint density at radius 2 is 1.95 bits per heavy atom. The Kier molecular flexibility index (Phi) is 3.22. The summed E-state index contributed by atoms with van der Waals surface area (Å²) in [5.74, 6) is 0.769. The lowest BCUT2D eigenvalue weighted by molar-refractivity contribution is 0.748. The van der Waals surface area contributed by atoms with Gasteiger partial charge >= 0.3 is 0 Å². The molecule has 0 saturated carbocycles. The van der Waals surface area contributed by atoms with Crippen molar-refractivity contribution in [2.24, 2.45) is 7.05 Å². The van der Waals surface area contributed by atoms with E-state index in [1.807, 2.05) is 54.4 Å². The molecule has 104 valence electrons. The predicted octanol–water partition coefficient (Wildman–Crippen LogP) is 4.02. The summed E-state index contributed by atoms with van der Waals surface area (Å²) in [6.45, 7) is 3.84. The smallest absolute Gasteiger partial charge is 0.163 e. The Morgan fingerprint density at radius 1 is 1.25 bits per heavy atom. The van der Waals surface area contributed by atoms with Crippen LogP contribution >= 0.6 is 23.2 Å². The number of rotatable bonds is 2. The zero-order chi connectivity index (χ0) is 14.4. The monoisotopic (exact) mass is 308 g/mol. The first kappa shape index (κ1) is 13.5. The molecule has 0 bridgehead atoms. The Labute approximate surface area is 126 Å². The molecule has 1 aromatic carbocycles. The van der Waals surface area contributed by atoms with Gasteiger partial charge in [-0.15, -0.1) is 11.6 Å². The largest absolute Gasteiger partial charge is 0.278 e. The fourth-order valence-electron chi connectivity index (χ4n) is 2.43. The number of fused-ring (bicyclic) bond motifs is 1. The van der Waals surface area contributed by atoms with Crippen LogP contribution in [0.2, 0.25) is 5.02 Å². The van der Waals surface area contributed by atoms with Crippen LogP contribution in [-0.2, 0) is 7.05 Å². The van der Waals surface area contributed by atoms with E-state index in [9.17, 15) is 0 Å². The number of imidazole rings is 1. The van der Waals surface area contributed by atoms with Crippen LogP contribution in [0.25, 0.3) is 16.9 Å². The highest BCUT2D eigenvalue weighted by Crippen LogP contribution is 2.32. The molecule has 0 N–H and O–H groups in total. The molecular weight excluding hydrogens is 295 g/mol. The molecule has 6 heteroatoms. The van der Waals surface area contributed by atoms with Crippen molar-refractivity contribution in [2.75, 3.05) is 0 Å². The second-order valence-corrected chi connectivity index (χ2v) is 5.82. The lowest BCUT2D eigenvalue weighted by atomic mass is 10.3. The van der Waals surface area contributed by atoms with Crippen LogP contribution in [0.15, 0.2) is 24.3 Å². The molecule has 3 aromatic rings. The maximum Gasteiger partial charge on any atom is 0.163 e. The van der Waals surface area contributed by atoms with Gasteiger partial charge in [0.15, 0.2) is 5.65 Å². The summed E-state index contributed by atoms with van der Waals surface area (Å²) in [6, 6.07) is 7.65. The summed E-state index contributed by atoms with van der Waals surface area (Å²) in [6.07, 6.45) is 0. The molecule has 1 atom stereocenters. The van der Waals surface area contributed by atoms with E-state index in [0.717, 1.165) is 28.4 Å². The topological polar surface area (TPSA) is 35.6 Å². The van der Waals surface area contributed by atoms with E-state index in [2.05, 4.69) is 10.1 Å². The first-order valence-electron chi connectivity index (χ1n) is 6.31. The third-order valence-electron chi connectivity index (χ3n) is 3.28. The molecular formula is C14H14Cl2N4. The van der Waals surface area contributed by atoms with Gasteiger partial charge in [-0.25, -0.2) is 9.67 Å². The van der Waals surface area contributed by atoms with Crippen LogP contribution in [0.4, 0.5) is 0 Å². The van der Waals surface area contributed by atoms with Gasteiger partial charge in [0.25, 0.3) is 0 Å². The highest BCUT2D eigenvalue weighted by molar-refractivity contribution is 6.32. The van der Waals surface area contributed by atoms with Crippen molar-refractivity contribution in [1.82, 2.24) is 19.3 Å². The van der Waals surface area contributed by atoms with Crippen molar-refractivity contribution >= 4 is 34.4 Å². The summed E-state index contributed by atoms with van der Waals surface area (Å²) >= 11 is 12.6. The normalized spacial score (nSPS) is 13.1. The molecule has 0 fully saturated rings. The van der Waals surface area contributed by atoms with Crippen LogP contribution in [0.1, 0.15) is 23.8 Å². The first-order valence-corrected chi connectivity index (χ1v) is 7.13.